The normalized spacial score (nSPS) is 13.0. The van der Waals surface area contributed by atoms with E-state index >= 15 is 0 Å². The molecule has 1 aliphatic heterocycles. The Morgan fingerprint density at radius 3 is 2.23 bits per heavy atom. The summed E-state index contributed by atoms with van der Waals surface area (Å²) in [7, 11) is 0. The Morgan fingerprint density at radius 2 is 1.67 bits per heavy atom. The molecule has 1 unspecified atom stereocenters. The predicted molar refractivity (Wildman–Crippen MR) is 112 cm³/mol. The minimum absolute atomic E-state index is 0.208. The Morgan fingerprint density at radius 1 is 1.03 bits per heavy atom. The molecular formula is C26H18O4. The molecule has 0 spiro atoms. The van der Waals surface area contributed by atoms with Crippen molar-refractivity contribution in [3.8, 4) is 17.6 Å². The molecular weight excluding hydrogens is 376 g/mol. The van der Waals surface area contributed by atoms with Crippen molar-refractivity contribution < 1.29 is 19.0 Å². The second kappa shape index (κ2) is 10.4. The fourth-order valence-electron chi connectivity index (χ4n) is 2.32. The van der Waals surface area contributed by atoms with Gasteiger partial charge in [0.2, 0.25) is 0 Å². The molecule has 1 saturated heterocycles. The summed E-state index contributed by atoms with van der Waals surface area (Å²) in [6, 6.07) is 14.9. The van der Waals surface area contributed by atoms with E-state index in [1.54, 1.807) is 12.1 Å². The summed E-state index contributed by atoms with van der Waals surface area (Å²) in [6.07, 6.45) is -0.520. The molecule has 0 N–H and O–H groups in total. The van der Waals surface area contributed by atoms with Gasteiger partial charge in [0, 0.05) is 16.7 Å². The Hall–Kier alpha value is -4.13. The second-order valence-electron chi connectivity index (χ2n) is 6.03. The standard InChI is InChI=1S/C26H18O4/c1-3-5-6-7-8-24(30-26(27)25-19-29-25)22-15-11-20(12-16-22)9-10-21-13-17-23(18-14-21)28-4-2/h11-18,25H,1,4,19H2,2H3. The molecule has 4 nitrogen and oxygen atoms in total. The van der Waals surface area contributed by atoms with Crippen LogP contribution in [0.3, 0.4) is 0 Å². The lowest BCUT2D eigenvalue weighted by molar-refractivity contribution is -0.138. The van der Waals surface area contributed by atoms with Gasteiger partial charge in [0.1, 0.15) is 5.75 Å². The van der Waals surface area contributed by atoms with Crippen molar-refractivity contribution in [2.24, 2.45) is 0 Å². The summed E-state index contributed by atoms with van der Waals surface area (Å²) < 4.78 is 15.8. The molecule has 30 heavy (non-hydrogen) atoms. The van der Waals surface area contributed by atoms with Crippen molar-refractivity contribution >= 4 is 11.7 Å². The van der Waals surface area contributed by atoms with Crippen LogP contribution < -0.4 is 4.74 Å². The highest BCUT2D eigenvalue weighted by Gasteiger charge is 2.34. The van der Waals surface area contributed by atoms with Gasteiger partial charge >= 0.3 is 5.97 Å². The molecule has 146 valence electrons. The van der Waals surface area contributed by atoms with E-state index in [2.05, 4.69) is 47.1 Å². The van der Waals surface area contributed by atoms with Crippen molar-refractivity contribution in [2.75, 3.05) is 13.2 Å². The lowest BCUT2D eigenvalue weighted by atomic mass is 10.1. The number of ether oxygens (including phenoxy) is 3. The molecule has 0 aromatic heterocycles. The first-order chi connectivity index (χ1) is 14.7. The van der Waals surface area contributed by atoms with Gasteiger partial charge in [0.15, 0.2) is 11.9 Å². The van der Waals surface area contributed by atoms with Gasteiger partial charge in [-0.1, -0.05) is 17.6 Å². The van der Waals surface area contributed by atoms with Crippen LogP contribution in [0.5, 0.6) is 5.75 Å². The van der Waals surface area contributed by atoms with Crippen molar-refractivity contribution in [3.05, 3.63) is 100 Å². The van der Waals surface area contributed by atoms with E-state index in [0.717, 1.165) is 16.9 Å². The summed E-state index contributed by atoms with van der Waals surface area (Å²) in [6.45, 7) is 6.32. The van der Waals surface area contributed by atoms with E-state index in [-0.39, 0.29) is 5.76 Å². The van der Waals surface area contributed by atoms with Crippen LogP contribution in [0.1, 0.15) is 23.6 Å². The molecule has 2 aromatic rings. The van der Waals surface area contributed by atoms with Crippen molar-refractivity contribution in [2.45, 2.75) is 13.0 Å². The lowest BCUT2D eigenvalue weighted by Crippen LogP contribution is -2.10. The summed E-state index contributed by atoms with van der Waals surface area (Å²) >= 11 is 0. The van der Waals surface area contributed by atoms with E-state index in [1.165, 1.54) is 0 Å². The highest BCUT2D eigenvalue weighted by Crippen LogP contribution is 2.20. The molecule has 0 aliphatic carbocycles. The molecule has 3 rings (SSSR count). The van der Waals surface area contributed by atoms with Gasteiger partial charge in [0.05, 0.1) is 13.2 Å². The summed E-state index contributed by atoms with van der Waals surface area (Å²) in [4.78, 5) is 11.9. The van der Waals surface area contributed by atoms with Crippen LogP contribution in [0.2, 0.25) is 0 Å². The Labute approximate surface area is 175 Å². The number of benzene rings is 2. The predicted octanol–water partition coefficient (Wildman–Crippen LogP) is 4.17. The highest BCUT2D eigenvalue weighted by atomic mass is 16.6. The largest absolute Gasteiger partial charge is 0.494 e. The van der Waals surface area contributed by atoms with Gasteiger partial charge in [-0.05, 0) is 85.0 Å². The number of hydrogen-bond donors (Lipinski definition) is 0. The van der Waals surface area contributed by atoms with Crippen LogP contribution in [0.15, 0.2) is 83.8 Å². The fraction of sp³-hybridized carbons (Fsp3) is 0.154. The fourth-order valence-corrected chi connectivity index (χ4v) is 2.32. The molecule has 0 amide bonds. The average Bonchev–Trinajstić information content (AvgIpc) is 3.62. The third-order valence-electron chi connectivity index (χ3n) is 3.85. The second-order valence-corrected chi connectivity index (χ2v) is 6.03. The minimum Gasteiger partial charge on any atom is -0.494 e. The first kappa shape index (κ1) is 20.6. The highest BCUT2D eigenvalue weighted by molar-refractivity contribution is 5.83. The maximum atomic E-state index is 11.9. The van der Waals surface area contributed by atoms with E-state index in [4.69, 9.17) is 14.2 Å². The number of hydrogen-bond acceptors (Lipinski definition) is 4. The maximum absolute atomic E-state index is 11.9. The third kappa shape index (κ3) is 6.20. The molecule has 0 radical (unpaired) electrons. The maximum Gasteiger partial charge on any atom is 0.343 e. The van der Waals surface area contributed by atoms with Gasteiger partial charge in [-0.25, -0.2) is 4.79 Å². The summed E-state index contributed by atoms with van der Waals surface area (Å²) in [5.41, 5.74) is 15.2. The zero-order chi connectivity index (χ0) is 21.2. The van der Waals surface area contributed by atoms with Crippen molar-refractivity contribution in [3.63, 3.8) is 0 Å². The molecule has 1 atom stereocenters. The lowest BCUT2D eigenvalue weighted by Gasteiger charge is -2.05. The zero-order valence-electron chi connectivity index (χ0n) is 16.5. The Kier molecular flexibility index (Phi) is 7.16. The van der Waals surface area contributed by atoms with Crippen LogP contribution >= 0.6 is 0 Å². The van der Waals surface area contributed by atoms with Crippen molar-refractivity contribution in [1.82, 2.24) is 0 Å². The van der Waals surface area contributed by atoms with Crippen LogP contribution in [0, 0.1) is 11.8 Å². The van der Waals surface area contributed by atoms with Gasteiger partial charge < -0.3 is 14.2 Å². The van der Waals surface area contributed by atoms with Crippen molar-refractivity contribution in [1.29, 1.82) is 0 Å². The zero-order valence-corrected chi connectivity index (χ0v) is 16.5. The quantitative estimate of drug-likeness (QED) is 0.251. The Balaban J connectivity index is 1.81. The smallest absolute Gasteiger partial charge is 0.343 e. The van der Waals surface area contributed by atoms with E-state index < -0.39 is 12.1 Å². The first-order valence-corrected chi connectivity index (χ1v) is 9.28. The minimum atomic E-state index is -0.520. The third-order valence-corrected chi connectivity index (χ3v) is 3.85. The van der Waals surface area contributed by atoms with Crippen LogP contribution in [-0.4, -0.2) is 25.3 Å². The van der Waals surface area contributed by atoms with E-state index in [1.807, 2.05) is 43.3 Å². The topological polar surface area (TPSA) is 48.1 Å². The van der Waals surface area contributed by atoms with Crippen LogP contribution in [0.4, 0.5) is 0 Å². The molecule has 1 fully saturated rings. The van der Waals surface area contributed by atoms with Crippen LogP contribution in [-0.2, 0) is 14.3 Å². The van der Waals surface area contributed by atoms with Gasteiger partial charge in [-0.3, -0.25) is 0 Å². The molecule has 0 bridgehead atoms. The average molecular weight is 394 g/mol. The van der Waals surface area contributed by atoms with Gasteiger partial charge in [-0.15, -0.1) is 0 Å². The number of rotatable bonds is 5. The number of epoxide rings is 1. The van der Waals surface area contributed by atoms with Crippen LogP contribution in [0.25, 0.3) is 5.76 Å². The first-order valence-electron chi connectivity index (χ1n) is 9.28. The summed E-state index contributed by atoms with van der Waals surface area (Å²) in [5, 5.41) is 0. The molecule has 4 heteroatoms. The number of esters is 1. The molecule has 1 heterocycles. The monoisotopic (exact) mass is 394 g/mol. The van der Waals surface area contributed by atoms with Gasteiger partial charge in [-0.2, -0.15) is 0 Å². The SMILES string of the molecule is C=C=C=C=C=C=C(OC(=O)C1CO1)c1ccc(C#Cc2ccc(OCC)cc2)cc1. The van der Waals surface area contributed by atoms with E-state index in [0.29, 0.717) is 18.8 Å². The Bertz CT molecular complexity index is 1170. The number of carbonyl (C=O) groups is 1. The number of carbonyl (C=O) groups excluding carboxylic acids is 1. The van der Waals surface area contributed by atoms with Gasteiger partial charge in [0.25, 0.3) is 0 Å². The summed E-state index contributed by atoms with van der Waals surface area (Å²) in [5.74, 6) is 6.77. The molecule has 1 aliphatic rings. The molecule has 0 saturated carbocycles. The molecule has 2 aromatic carbocycles. The van der Waals surface area contributed by atoms with E-state index in [9.17, 15) is 4.79 Å².